The summed E-state index contributed by atoms with van der Waals surface area (Å²) in [6.07, 6.45) is 4.65. The van der Waals surface area contributed by atoms with E-state index in [4.69, 9.17) is 16.6 Å². The number of carbonyl (C=O) groups excluding carboxylic acids is 2. The van der Waals surface area contributed by atoms with Gasteiger partial charge in [0.15, 0.2) is 5.11 Å². The van der Waals surface area contributed by atoms with Crippen LogP contribution in [0.3, 0.4) is 0 Å². The lowest BCUT2D eigenvalue weighted by molar-refractivity contribution is -0.115. The summed E-state index contributed by atoms with van der Waals surface area (Å²) >= 11 is 5.17. The molecule has 29 heavy (non-hydrogen) atoms. The number of nitrogens with one attached hydrogen (secondary N) is 3. The van der Waals surface area contributed by atoms with Crippen molar-refractivity contribution >= 4 is 40.9 Å². The number of anilines is 1. The van der Waals surface area contributed by atoms with E-state index < -0.39 is 0 Å². The second kappa shape index (κ2) is 10.0. The first-order chi connectivity index (χ1) is 14.1. The highest BCUT2D eigenvalue weighted by Gasteiger charge is 2.08. The molecule has 0 fully saturated rings. The van der Waals surface area contributed by atoms with Crippen molar-refractivity contribution in [3.8, 4) is 0 Å². The zero-order valence-corrected chi connectivity index (χ0v) is 16.2. The van der Waals surface area contributed by atoms with Crippen molar-refractivity contribution in [2.45, 2.75) is 6.54 Å². The fraction of sp³-hybridized carbons (Fsp3) is 0.0455. The molecule has 0 aliphatic carbocycles. The first kappa shape index (κ1) is 20.0. The Labute approximate surface area is 173 Å². The average Bonchev–Trinajstić information content (AvgIpc) is 3.25. The van der Waals surface area contributed by atoms with Gasteiger partial charge in [-0.2, -0.15) is 0 Å². The fourth-order valence-corrected chi connectivity index (χ4v) is 2.69. The first-order valence-corrected chi connectivity index (χ1v) is 9.27. The van der Waals surface area contributed by atoms with E-state index in [1.165, 1.54) is 6.08 Å². The number of hydrogen-bond acceptors (Lipinski definition) is 4. The standard InChI is InChI=1S/C22H19N3O3S/c26-20(12-11-16-6-2-1-3-7-16)25-22(29)24-18-9-4-8-17(14-18)21(27)23-15-19-10-5-13-28-19/h1-14H,15H2,(H,23,27)(H2,24,25,26,29)/b12-11+. The third kappa shape index (κ3) is 6.44. The monoisotopic (exact) mass is 405 g/mol. The largest absolute Gasteiger partial charge is 0.467 e. The fourth-order valence-electron chi connectivity index (χ4n) is 2.47. The zero-order chi connectivity index (χ0) is 20.5. The van der Waals surface area contributed by atoms with E-state index in [-0.39, 0.29) is 16.9 Å². The van der Waals surface area contributed by atoms with Crippen LogP contribution >= 0.6 is 12.2 Å². The predicted molar refractivity (Wildman–Crippen MR) is 116 cm³/mol. The maximum absolute atomic E-state index is 12.3. The van der Waals surface area contributed by atoms with Gasteiger partial charge in [-0.3, -0.25) is 14.9 Å². The van der Waals surface area contributed by atoms with Gasteiger partial charge in [-0.15, -0.1) is 0 Å². The van der Waals surface area contributed by atoms with Crippen molar-refractivity contribution in [3.63, 3.8) is 0 Å². The van der Waals surface area contributed by atoms with Crippen LogP contribution in [0.25, 0.3) is 6.08 Å². The lowest BCUT2D eigenvalue weighted by Crippen LogP contribution is -2.33. The molecule has 6 nitrogen and oxygen atoms in total. The van der Waals surface area contributed by atoms with E-state index in [2.05, 4.69) is 16.0 Å². The summed E-state index contributed by atoms with van der Waals surface area (Å²) in [7, 11) is 0. The number of furan rings is 1. The van der Waals surface area contributed by atoms with Gasteiger partial charge >= 0.3 is 0 Å². The van der Waals surface area contributed by atoms with Crippen molar-refractivity contribution in [2.75, 3.05) is 5.32 Å². The number of amides is 2. The number of thiocarbonyl (C=S) groups is 1. The van der Waals surface area contributed by atoms with Crippen molar-refractivity contribution in [1.29, 1.82) is 0 Å². The number of rotatable bonds is 6. The Morgan fingerprint density at radius 3 is 2.59 bits per heavy atom. The Balaban J connectivity index is 1.52. The van der Waals surface area contributed by atoms with Gasteiger partial charge in [0.1, 0.15) is 5.76 Å². The van der Waals surface area contributed by atoms with Gasteiger partial charge in [-0.25, -0.2) is 0 Å². The summed E-state index contributed by atoms with van der Waals surface area (Å²) in [5.41, 5.74) is 1.96. The molecule has 0 spiro atoms. The summed E-state index contributed by atoms with van der Waals surface area (Å²) < 4.78 is 5.19. The molecule has 0 saturated heterocycles. The van der Waals surface area contributed by atoms with E-state index >= 15 is 0 Å². The molecule has 0 atom stereocenters. The third-order valence-electron chi connectivity index (χ3n) is 3.85. The molecule has 7 heteroatoms. The predicted octanol–water partition coefficient (Wildman–Crippen LogP) is 3.74. The summed E-state index contributed by atoms with van der Waals surface area (Å²) in [5.74, 6) is 0.0737. The maximum atomic E-state index is 12.3. The smallest absolute Gasteiger partial charge is 0.251 e. The Morgan fingerprint density at radius 2 is 1.83 bits per heavy atom. The quantitative estimate of drug-likeness (QED) is 0.430. The van der Waals surface area contributed by atoms with Crippen LogP contribution in [0.1, 0.15) is 21.7 Å². The Bertz CT molecular complexity index is 1010. The number of carbonyl (C=O) groups is 2. The molecule has 0 aliphatic rings. The highest BCUT2D eigenvalue weighted by atomic mass is 32.1. The van der Waals surface area contributed by atoms with Crippen LogP contribution < -0.4 is 16.0 Å². The van der Waals surface area contributed by atoms with E-state index in [0.29, 0.717) is 23.6 Å². The van der Waals surface area contributed by atoms with Crippen molar-refractivity contribution in [3.05, 3.63) is 96.0 Å². The van der Waals surface area contributed by atoms with Gasteiger partial charge in [-0.05, 0) is 54.2 Å². The van der Waals surface area contributed by atoms with Crippen LogP contribution in [0.4, 0.5) is 5.69 Å². The zero-order valence-electron chi connectivity index (χ0n) is 15.4. The van der Waals surface area contributed by atoms with Gasteiger partial charge in [0, 0.05) is 17.3 Å². The van der Waals surface area contributed by atoms with Crippen LogP contribution in [-0.4, -0.2) is 16.9 Å². The minimum atomic E-state index is -0.348. The molecule has 3 aromatic rings. The SMILES string of the molecule is O=C(/C=C/c1ccccc1)NC(=S)Nc1cccc(C(=O)NCc2ccco2)c1. The van der Waals surface area contributed by atoms with Crippen LogP contribution in [0.5, 0.6) is 0 Å². The van der Waals surface area contributed by atoms with Crippen LogP contribution in [0.2, 0.25) is 0 Å². The third-order valence-corrected chi connectivity index (χ3v) is 4.05. The highest BCUT2D eigenvalue weighted by molar-refractivity contribution is 7.80. The first-order valence-electron chi connectivity index (χ1n) is 8.86. The van der Waals surface area contributed by atoms with Gasteiger partial charge in [0.05, 0.1) is 12.8 Å². The van der Waals surface area contributed by atoms with E-state index in [1.807, 2.05) is 30.3 Å². The lowest BCUT2D eigenvalue weighted by Gasteiger charge is -2.10. The molecule has 0 unspecified atom stereocenters. The Kier molecular flexibility index (Phi) is 6.91. The Hall–Kier alpha value is -3.71. The van der Waals surface area contributed by atoms with Crippen molar-refractivity contribution < 1.29 is 14.0 Å². The molecule has 0 radical (unpaired) electrons. The molecule has 1 heterocycles. The molecule has 2 amide bonds. The Morgan fingerprint density at radius 1 is 1.00 bits per heavy atom. The molecule has 1 aromatic heterocycles. The minimum Gasteiger partial charge on any atom is -0.467 e. The van der Waals surface area contributed by atoms with Crippen LogP contribution in [0, 0.1) is 0 Å². The summed E-state index contributed by atoms with van der Waals surface area (Å²) in [6.45, 7) is 0.297. The number of hydrogen-bond donors (Lipinski definition) is 3. The van der Waals surface area contributed by atoms with Crippen molar-refractivity contribution in [1.82, 2.24) is 10.6 Å². The van der Waals surface area contributed by atoms with Gasteiger partial charge < -0.3 is 15.1 Å². The molecule has 0 aliphatic heterocycles. The second-order valence-corrected chi connectivity index (χ2v) is 6.44. The van der Waals surface area contributed by atoms with E-state index in [1.54, 1.807) is 48.7 Å². The van der Waals surface area contributed by atoms with Gasteiger partial charge in [0.2, 0.25) is 5.91 Å². The number of benzene rings is 2. The van der Waals surface area contributed by atoms with Gasteiger partial charge in [0.25, 0.3) is 5.91 Å². The van der Waals surface area contributed by atoms with E-state index in [9.17, 15) is 9.59 Å². The summed E-state index contributed by atoms with van der Waals surface area (Å²) in [6, 6.07) is 19.8. The van der Waals surface area contributed by atoms with Crippen molar-refractivity contribution in [2.24, 2.45) is 0 Å². The molecular formula is C22H19N3O3S. The molecular weight excluding hydrogens is 386 g/mol. The molecule has 3 rings (SSSR count). The molecule has 2 aromatic carbocycles. The van der Waals surface area contributed by atoms with Crippen LogP contribution in [-0.2, 0) is 11.3 Å². The molecule has 0 bridgehead atoms. The average molecular weight is 405 g/mol. The minimum absolute atomic E-state index is 0.140. The molecule has 146 valence electrons. The van der Waals surface area contributed by atoms with Crippen LogP contribution in [0.15, 0.2) is 83.5 Å². The van der Waals surface area contributed by atoms with E-state index in [0.717, 1.165) is 5.56 Å². The highest BCUT2D eigenvalue weighted by Crippen LogP contribution is 2.11. The normalized spacial score (nSPS) is 10.5. The second-order valence-electron chi connectivity index (χ2n) is 6.03. The summed E-state index contributed by atoms with van der Waals surface area (Å²) in [4.78, 5) is 24.3. The lowest BCUT2D eigenvalue weighted by atomic mass is 10.2. The topological polar surface area (TPSA) is 83.4 Å². The maximum Gasteiger partial charge on any atom is 0.251 e. The summed E-state index contributed by atoms with van der Waals surface area (Å²) in [5, 5.41) is 8.39. The molecule has 3 N–H and O–H groups in total. The molecule has 0 saturated carbocycles. The van der Waals surface area contributed by atoms with Gasteiger partial charge in [-0.1, -0.05) is 36.4 Å².